The molecule has 0 spiro atoms. The van der Waals surface area contributed by atoms with Crippen molar-refractivity contribution in [1.29, 1.82) is 0 Å². The molecule has 0 unspecified atom stereocenters. The molecule has 6 nitrogen and oxygen atoms in total. The highest BCUT2D eigenvalue weighted by atomic mass is 16.5. The fourth-order valence-electron chi connectivity index (χ4n) is 3.28. The van der Waals surface area contributed by atoms with Crippen LogP contribution in [0.3, 0.4) is 0 Å². The van der Waals surface area contributed by atoms with E-state index in [1.165, 1.54) is 0 Å². The molecule has 4 rings (SSSR count). The van der Waals surface area contributed by atoms with Crippen molar-refractivity contribution in [3.8, 4) is 28.6 Å². The second-order valence-corrected chi connectivity index (χ2v) is 7.39. The van der Waals surface area contributed by atoms with Crippen molar-refractivity contribution < 1.29 is 14.3 Å². The summed E-state index contributed by atoms with van der Waals surface area (Å²) in [5.74, 6) is 1.11. The van der Waals surface area contributed by atoms with Crippen molar-refractivity contribution in [3.05, 3.63) is 95.8 Å². The number of carbonyl (C=O) groups is 1. The predicted octanol–water partition coefficient (Wildman–Crippen LogP) is 5.81. The van der Waals surface area contributed by atoms with Gasteiger partial charge in [0.1, 0.15) is 11.5 Å². The highest BCUT2D eigenvalue weighted by Crippen LogP contribution is 2.25. The van der Waals surface area contributed by atoms with Gasteiger partial charge in [-0.3, -0.25) is 4.79 Å². The van der Waals surface area contributed by atoms with E-state index in [2.05, 4.69) is 15.3 Å². The average Bonchev–Trinajstić information content (AvgIpc) is 2.81. The molecule has 4 aromatic rings. The quantitative estimate of drug-likeness (QED) is 0.422. The molecule has 0 saturated carbocycles. The number of carbonyl (C=O) groups excluding carboxylic acids is 1. The number of aryl methyl sites for hydroxylation is 2. The van der Waals surface area contributed by atoms with Crippen LogP contribution >= 0.6 is 0 Å². The third-order valence-electron chi connectivity index (χ3n) is 4.97. The van der Waals surface area contributed by atoms with Crippen LogP contribution < -0.4 is 14.8 Å². The van der Waals surface area contributed by atoms with Gasteiger partial charge in [0, 0.05) is 35.3 Å². The number of anilines is 1. The molecule has 3 aromatic carbocycles. The first kappa shape index (κ1) is 21.1. The Morgan fingerprint density at radius 3 is 2.34 bits per heavy atom. The van der Waals surface area contributed by atoms with Gasteiger partial charge >= 0.3 is 6.01 Å². The maximum atomic E-state index is 12.8. The van der Waals surface area contributed by atoms with Crippen LogP contribution in [0.2, 0.25) is 0 Å². The molecule has 1 amide bonds. The smallest absolute Gasteiger partial charge is 0.321 e. The molecule has 1 aromatic heterocycles. The minimum Gasteiger partial charge on any atom is -0.497 e. The Labute approximate surface area is 186 Å². The van der Waals surface area contributed by atoms with Crippen molar-refractivity contribution in [2.75, 3.05) is 12.4 Å². The van der Waals surface area contributed by atoms with Gasteiger partial charge in [-0.1, -0.05) is 35.9 Å². The number of rotatable bonds is 6. The largest absolute Gasteiger partial charge is 0.497 e. The fourth-order valence-corrected chi connectivity index (χ4v) is 3.28. The minimum absolute atomic E-state index is 0.169. The summed E-state index contributed by atoms with van der Waals surface area (Å²) < 4.78 is 10.9. The number of aromatic nitrogens is 2. The first-order valence-corrected chi connectivity index (χ1v) is 10.1. The molecule has 1 heterocycles. The molecule has 0 aliphatic rings. The highest BCUT2D eigenvalue weighted by molar-refractivity contribution is 6.05. The maximum Gasteiger partial charge on any atom is 0.321 e. The fraction of sp³-hybridized carbons (Fsp3) is 0.115. The van der Waals surface area contributed by atoms with Gasteiger partial charge in [-0.2, -0.15) is 0 Å². The molecule has 0 saturated heterocycles. The number of amides is 1. The van der Waals surface area contributed by atoms with Crippen LogP contribution in [-0.2, 0) is 0 Å². The summed E-state index contributed by atoms with van der Waals surface area (Å²) >= 11 is 0. The number of nitrogens with zero attached hydrogens (tertiary/aromatic N) is 2. The Morgan fingerprint density at radius 2 is 1.59 bits per heavy atom. The first-order valence-electron chi connectivity index (χ1n) is 10.1. The van der Waals surface area contributed by atoms with Crippen LogP contribution in [0.5, 0.6) is 17.5 Å². The van der Waals surface area contributed by atoms with Gasteiger partial charge in [0.25, 0.3) is 5.91 Å². The summed E-state index contributed by atoms with van der Waals surface area (Å²) in [6.45, 7) is 4.00. The van der Waals surface area contributed by atoms with Crippen LogP contribution in [0.15, 0.2) is 79.1 Å². The van der Waals surface area contributed by atoms with Crippen molar-refractivity contribution in [2.24, 2.45) is 0 Å². The lowest BCUT2D eigenvalue weighted by atomic mass is 10.1. The van der Waals surface area contributed by atoms with E-state index < -0.39 is 0 Å². The van der Waals surface area contributed by atoms with Crippen LogP contribution in [0.25, 0.3) is 11.1 Å². The predicted molar refractivity (Wildman–Crippen MR) is 124 cm³/mol. The highest BCUT2D eigenvalue weighted by Gasteiger charge is 2.10. The van der Waals surface area contributed by atoms with Gasteiger partial charge in [0.2, 0.25) is 0 Å². The standard InChI is InChI=1S/C26H23N3O3/c1-17-10-11-24(18(2)12-17)29-25(30)20-7-4-6-19(13-20)21-15-27-26(28-16-21)32-23-9-5-8-22(14-23)31-3/h4-16H,1-3H3,(H,29,30). The van der Waals surface area contributed by atoms with E-state index in [-0.39, 0.29) is 11.9 Å². The molecule has 0 bridgehead atoms. The number of methoxy groups -OCH3 is 1. The van der Waals surface area contributed by atoms with E-state index in [9.17, 15) is 4.79 Å². The summed E-state index contributed by atoms with van der Waals surface area (Å²) in [7, 11) is 1.60. The molecule has 0 fully saturated rings. The molecular weight excluding hydrogens is 402 g/mol. The summed E-state index contributed by atoms with van der Waals surface area (Å²) in [5, 5.41) is 2.98. The maximum absolute atomic E-state index is 12.8. The SMILES string of the molecule is COc1cccc(Oc2ncc(-c3cccc(C(=O)Nc4ccc(C)cc4C)c3)cn2)c1. The second kappa shape index (κ2) is 9.31. The Bertz CT molecular complexity index is 1250. The normalized spacial score (nSPS) is 10.5. The molecular formula is C26H23N3O3. The first-order chi connectivity index (χ1) is 15.5. The molecule has 0 aliphatic heterocycles. The van der Waals surface area contributed by atoms with Gasteiger partial charge in [0.15, 0.2) is 0 Å². The van der Waals surface area contributed by atoms with E-state index in [0.29, 0.717) is 17.1 Å². The van der Waals surface area contributed by atoms with Gasteiger partial charge in [-0.15, -0.1) is 0 Å². The summed E-state index contributed by atoms with van der Waals surface area (Å²) in [6.07, 6.45) is 3.34. The Balaban J connectivity index is 1.49. The second-order valence-electron chi connectivity index (χ2n) is 7.39. The van der Waals surface area contributed by atoms with Crippen LogP contribution in [-0.4, -0.2) is 23.0 Å². The number of hydrogen-bond acceptors (Lipinski definition) is 5. The third-order valence-corrected chi connectivity index (χ3v) is 4.97. The van der Waals surface area contributed by atoms with Crippen molar-refractivity contribution in [2.45, 2.75) is 13.8 Å². The lowest BCUT2D eigenvalue weighted by Crippen LogP contribution is -2.12. The van der Waals surface area contributed by atoms with Gasteiger partial charge < -0.3 is 14.8 Å². The monoisotopic (exact) mass is 425 g/mol. The van der Waals surface area contributed by atoms with Crippen molar-refractivity contribution >= 4 is 11.6 Å². The minimum atomic E-state index is -0.169. The van der Waals surface area contributed by atoms with Crippen LogP contribution in [0.1, 0.15) is 21.5 Å². The lowest BCUT2D eigenvalue weighted by Gasteiger charge is -2.10. The van der Waals surface area contributed by atoms with Crippen LogP contribution in [0.4, 0.5) is 5.69 Å². The van der Waals surface area contributed by atoms with Gasteiger partial charge in [-0.25, -0.2) is 9.97 Å². The third kappa shape index (κ3) is 4.92. The zero-order valence-electron chi connectivity index (χ0n) is 18.1. The zero-order chi connectivity index (χ0) is 22.5. The topological polar surface area (TPSA) is 73.3 Å². The number of benzene rings is 3. The Morgan fingerprint density at radius 1 is 0.844 bits per heavy atom. The molecule has 0 atom stereocenters. The van der Waals surface area contributed by atoms with Crippen molar-refractivity contribution in [3.63, 3.8) is 0 Å². The van der Waals surface area contributed by atoms with E-state index in [0.717, 1.165) is 27.9 Å². The number of hydrogen-bond donors (Lipinski definition) is 1. The van der Waals surface area contributed by atoms with E-state index in [1.54, 1.807) is 37.7 Å². The lowest BCUT2D eigenvalue weighted by molar-refractivity contribution is 0.102. The van der Waals surface area contributed by atoms with E-state index in [1.807, 2.05) is 62.4 Å². The number of nitrogens with one attached hydrogen (secondary N) is 1. The molecule has 32 heavy (non-hydrogen) atoms. The van der Waals surface area contributed by atoms with Gasteiger partial charge in [0.05, 0.1) is 7.11 Å². The number of ether oxygens (including phenoxy) is 2. The van der Waals surface area contributed by atoms with Crippen LogP contribution in [0, 0.1) is 13.8 Å². The molecule has 0 aliphatic carbocycles. The summed E-state index contributed by atoms with van der Waals surface area (Å²) in [6, 6.07) is 20.7. The molecule has 6 heteroatoms. The zero-order valence-corrected chi connectivity index (χ0v) is 18.1. The van der Waals surface area contributed by atoms with E-state index >= 15 is 0 Å². The summed E-state index contributed by atoms with van der Waals surface area (Å²) in [5.41, 5.74) is 5.15. The van der Waals surface area contributed by atoms with Gasteiger partial charge in [-0.05, 0) is 55.3 Å². The average molecular weight is 425 g/mol. The Hall–Kier alpha value is -4.19. The molecule has 1 N–H and O–H groups in total. The van der Waals surface area contributed by atoms with E-state index in [4.69, 9.17) is 9.47 Å². The molecule has 0 radical (unpaired) electrons. The molecule has 160 valence electrons. The Kier molecular flexibility index (Phi) is 6.12. The summed E-state index contributed by atoms with van der Waals surface area (Å²) in [4.78, 5) is 21.4. The van der Waals surface area contributed by atoms with Crippen molar-refractivity contribution in [1.82, 2.24) is 9.97 Å².